The van der Waals surface area contributed by atoms with Crippen LogP contribution in [0.2, 0.25) is 0 Å². The lowest BCUT2D eigenvalue weighted by Crippen LogP contribution is -2.24. The molecule has 0 saturated carbocycles. The second-order valence-electron chi connectivity index (χ2n) is 6.08. The van der Waals surface area contributed by atoms with Crippen LogP contribution in [-0.2, 0) is 0 Å². The third-order valence-corrected chi connectivity index (χ3v) is 4.15. The highest BCUT2D eigenvalue weighted by Crippen LogP contribution is 2.21. The number of thiocarbonyl (C=S) groups is 1. The van der Waals surface area contributed by atoms with E-state index >= 15 is 0 Å². The van der Waals surface area contributed by atoms with Gasteiger partial charge in [0.15, 0.2) is 5.11 Å². The van der Waals surface area contributed by atoms with E-state index in [4.69, 9.17) is 17.0 Å². The molecular formula is C22H21N3OS. The molecular weight excluding hydrogens is 354 g/mol. The number of benzene rings is 3. The third-order valence-electron chi connectivity index (χ3n) is 3.96. The summed E-state index contributed by atoms with van der Waals surface area (Å²) < 4.78 is 5.77. The van der Waals surface area contributed by atoms with Crippen molar-refractivity contribution in [3.05, 3.63) is 89.5 Å². The Balaban J connectivity index is 1.54. The minimum absolute atomic E-state index is 0.452. The molecule has 0 bridgehead atoms. The molecule has 0 atom stereocenters. The minimum Gasteiger partial charge on any atom is -0.457 e. The van der Waals surface area contributed by atoms with Crippen molar-refractivity contribution in [2.75, 3.05) is 5.32 Å². The highest BCUT2D eigenvalue weighted by Gasteiger charge is 2.03. The Bertz CT molecular complexity index is 917. The Labute approximate surface area is 164 Å². The van der Waals surface area contributed by atoms with Crippen molar-refractivity contribution in [2.45, 2.75) is 13.8 Å². The molecule has 5 heteroatoms. The van der Waals surface area contributed by atoms with Crippen LogP contribution >= 0.6 is 12.2 Å². The number of hydrogen-bond donors (Lipinski definition) is 2. The van der Waals surface area contributed by atoms with Crippen molar-refractivity contribution in [1.29, 1.82) is 0 Å². The molecule has 0 spiro atoms. The molecule has 0 heterocycles. The van der Waals surface area contributed by atoms with Gasteiger partial charge < -0.3 is 10.1 Å². The molecule has 0 unspecified atom stereocenters. The van der Waals surface area contributed by atoms with Gasteiger partial charge in [0.25, 0.3) is 0 Å². The summed E-state index contributed by atoms with van der Waals surface area (Å²) in [5.41, 5.74) is 7.07. The predicted octanol–water partition coefficient (Wildman–Crippen LogP) is 5.42. The monoisotopic (exact) mass is 375 g/mol. The van der Waals surface area contributed by atoms with Crippen molar-refractivity contribution in [2.24, 2.45) is 5.10 Å². The maximum Gasteiger partial charge on any atom is 0.191 e. The number of nitrogens with one attached hydrogen (secondary N) is 2. The summed E-state index contributed by atoms with van der Waals surface area (Å²) in [6.07, 6.45) is 1.71. The van der Waals surface area contributed by atoms with Crippen molar-refractivity contribution in [1.82, 2.24) is 5.43 Å². The molecule has 0 aliphatic carbocycles. The van der Waals surface area contributed by atoms with Gasteiger partial charge >= 0.3 is 0 Å². The number of anilines is 1. The molecule has 0 aliphatic rings. The smallest absolute Gasteiger partial charge is 0.191 e. The number of rotatable bonds is 5. The lowest BCUT2D eigenvalue weighted by atomic mass is 10.1. The molecule has 0 aliphatic heterocycles. The van der Waals surface area contributed by atoms with Gasteiger partial charge in [-0.3, -0.25) is 5.43 Å². The number of para-hydroxylation sites is 2. The largest absolute Gasteiger partial charge is 0.457 e. The van der Waals surface area contributed by atoms with Crippen LogP contribution in [0.1, 0.15) is 16.7 Å². The number of aryl methyl sites for hydroxylation is 2. The summed E-state index contributed by atoms with van der Waals surface area (Å²) in [7, 11) is 0. The van der Waals surface area contributed by atoms with E-state index in [-0.39, 0.29) is 0 Å². The molecule has 136 valence electrons. The predicted molar refractivity (Wildman–Crippen MR) is 116 cm³/mol. The molecule has 27 heavy (non-hydrogen) atoms. The lowest BCUT2D eigenvalue weighted by Gasteiger charge is -2.12. The Hall–Kier alpha value is -3.18. The van der Waals surface area contributed by atoms with Gasteiger partial charge in [-0.2, -0.15) is 5.10 Å². The SMILES string of the molecule is Cc1cccc(C)c1NC(=S)N/N=C/c1ccc(Oc2ccccc2)cc1. The van der Waals surface area contributed by atoms with Crippen LogP contribution < -0.4 is 15.5 Å². The van der Waals surface area contributed by atoms with Crippen molar-refractivity contribution in [3.8, 4) is 11.5 Å². The topological polar surface area (TPSA) is 45.7 Å². The summed E-state index contributed by atoms with van der Waals surface area (Å²) in [6.45, 7) is 4.08. The van der Waals surface area contributed by atoms with E-state index in [9.17, 15) is 0 Å². The normalized spacial score (nSPS) is 10.6. The number of ether oxygens (including phenoxy) is 1. The van der Waals surface area contributed by atoms with Gasteiger partial charge in [-0.15, -0.1) is 0 Å². The van der Waals surface area contributed by atoms with Gasteiger partial charge in [0, 0.05) is 5.69 Å². The first-order chi connectivity index (χ1) is 13.1. The van der Waals surface area contributed by atoms with E-state index in [2.05, 4.69) is 15.8 Å². The summed E-state index contributed by atoms with van der Waals surface area (Å²) in [4.78, 5) is 0. The van der Waals surface area contributed by atoms with Crippen LogP contribution in [0.15, 0.2) is 77.9 Å². The van der Waals surface area contributed by atoms with Gasteiger partial charge in [-0.1, -0.05) is 36.4 Å². The number of hydrazone groups is 1. The van der Waals surface area contributed by atoms with Crippen LogP contribution in [0.25, 0.3) is 0 Å². The Kier molecular flexibility index (Phi) is 6.18. The molecule has 4 nitrogen and oxygen atoms in total. The third kappa shape index (κ3) is 5.39. The number of hydrogen-bond acceptors (Lipinski definition) is 3. The average Bonchev–Trinajstić information content (AvgIpc) is 2.67. The average molecular weight is 375 g/mol. The van der Waals surface area contributed by atoms with Gasteiger partial charge in [-0.25, -0.2) is 0 Å². The molecule has 0 radical (unpaired) electrons. The van der Waals surface area contributed by atoms with Crippen LogP contribution in [0.3, 0.4) is 0 Å². The zero-order valence-electron chi connectivity index (χ0n) is 15.3. The molecule has 3 aromatic carbocycles. The zero-order chi connectivity index (χ0) is 19.1. The molecule has 0 aromatic heterocycles. The molecule has 0 saturated heterocycles. The van der Waals surface area contributed by atoms with Crippen LogP contribution in [0.5, 0.6) is 11.5 Å². The fraction of sp³-hybridized carbons (Fsp3) is 0.0909. The lowest BCUT2D eigenvalue weighted by molar-refractivity contribution is 0.482. The van der Waals surface area contributed by atoms with Gasteiger partial charge in [0.1, 0.15) is 11.5 Å². The maximum absolute atomic E-state index is 5.77. The molecule has 0 fully saturated rings. The molecule has 0 amide bonds. The Morgan fingerprint density at radius 1 is 0.852 bits per heavy atom. The second kappa shape index (κ2) is 8.96. The summed E-state index contributed by atoms with van der Waals surface area (Å²) >= 11 is 5.31. The summed E-state index contributed by atoms with van der Waals surface area (Å²) in [5, 5.41) is 7.83. The van der Waals surface area contributed by atoms with E-state index in [0.717, 1.165) is 33.9 Å². The standard InChI is InChI=1S/C22H21N3OS/c1-16-7-6-8-17(2)21(16)24-22(27)25-23-15-18-11-13-20(14-12-18)26-19-9-4-3-5-10-19/h3-15H,1-2H3,(H2,24,25,27)/b23-15+. The molecule has 2 N–H and O–H groups in total. The second-order valence-corrected chi connectivity index (χ2v) is 6.48. The first-order valence-electron chi connectivity index (χ1n) is 8.61. The highest BCUT2D eigenvalue weighted by atomic mass is 32.1. The Morgan fingerprint density at radius 3 is 2.15 bits per heavy atom. The minimum atomic E-state index is 0.452. The quantitative estimate of drug-likeness (QED) is 0.355. The first kappa shape index (κ1) is 18.6. The molecule has 3 aromatic rings. The summed E-state index contributed by atoms with van der Waals surface area (Å²) in [5.74, 6) is 1.59. The van der Waals surface area contributed by atoms with Crippen LogP contribution in [0, 0.1) is 13.8 Å². The van der Waals surface area contributed by atoms with Crippen molar-refractivity contribution in [3.63, 3.8) is 0 Å². The Morgan fingerprint density at radius 2 is 1.48 bits per heavy atom. The maximum atomic E-state index is 5.77. The number of nitrogens with zero attached hydrogens (tertiary/aromatic N) is 1. The van der Waals surface area contributed by atoms with E-state index in [1.54, 1.807) is 6.21 Å². The molecule has 3 rings (SSSR count). The fourth-order valence-corrected chi connectivity index (χ4v) is 2.72. The van der Waals surface area contributed by atoms with Gasteiger partial charge in [-0.05, 0) is 79.2 Å². The highest BCUT2D eigenvalue weighted by molar-refractivity contribution is 7.80. The van der Waals surface area contributed by atoms with E-state index in [1.807, 2.05) is 86.6 Å². The summed E-state index contributed by atoms with van der Waals surface area (Å²) in [6, 6.07) is 23.5. The van der Waals surface area contributed by atoms with Crippen LogP contribution in [0.4, 0.5) is 5.69 Å². The van der Waals surface area contributed by atoms with Crippen molar-refractivity contribution < 1.29 is 4.74 Å². The van der Waals surface area contributed by atoms with Crippen LogP contribution in [-0.4, -0.2) is 11.3 Å². The van der Waals surface area contributed by atoms with Gasteiger partial charge in [0.05, 0.1) is 6.21 Å². The fourth-order valence-electron chi connectivity index (χ4n) is 2.57. The van der Waals surface area contributed by atoms with Crippen molar-refractivity contribution >= 4 is 29.2 Å². The van der Waals surface area contributed by atoms with E-state index in [1.165, 1.54) is 0 Å². The van der Waals surface area contributed by atoms with Gasteiger partial charge in [0.2, 0.25) is 0 Å². The zero-order valence-corrected chi connectivity index (χ0v) is 16.1. The van der Waals surface area contributed by atoms with E-state index < -0.39 is 0 Å². The van der Waals surface area contributed by atoms with E-state index in [0.29, 0.717) is 5.11 Å². The first-order valence-corrected chi connectivity index (χ1v) is 9.02.